The number of Topliss-reactive ketones (excluding diaryl/α,β-unsaturated/α-hetero) is 1. The van der Waals surface area contributed by atoms with Gasteiger partial charge in [-0.1, -0.05) is 0 Å². The molecule has 0 aliphatic heterocycles. The highest BCUT2D eigenvalue weighted by Crippen LogP contribution is 2.13. The second kappa shape index (κ2) is 4.26. The summed E-state index contributed by atoms with van der Waals surface area (Å²) in [7, 11) is 0. The van der Waals surface area contributed by atoms with Gasteiger partial charge in [-0.25, -0.2) is 0 Å². The molecule has 3 heteroatoms. The Morgan fingerprint density at radius 3 is 2.64 bits per heavy atom. The highest BCUT2D eigenvalue weighted by atomic mass is 35.5. The van der Waals surface area contributed by atoms with Crippen molar-refractivity contribution in [3.05, 3.63) is 34.9 Å². The van der Waals surface area contributed by atoms with Crippen LogP contribution in [0.5, 0.6) is 0 Å². The Bertz CT molecular complexity index is 404. The van der Waals surface area contributed by atoms with E-state index in [1.807, 2.05) is 13.0 Å². The van der Waals surface area contributed by atoms with Crippen LogP contribution in [0.15, 0.2) is 18.2 Å². The molecule has 2 nitrogen and oxygen atoms in total. The summed E-state index contributed by atoms with van der Waals surface area (Å²) in [6, 6.07) is 7.04. The van der Waals surface area contributed by atoms with Gasteiger partial charge in [0.25, 0.3) is 0 Å². The number of alkyl halides is 1. The zero-order valence-electron chi connectivity index (χ0n) is 8.04. The monoisotopic (exact) mass is 207 g/mol. The lowest BCUT2D eigenvalue weighted by atomic mass is 10.0. The van der Waals surface area contributed by atoms with E-state index in [1.54, 1.807) is 25.1 Å². The third kappa shape index (κ3) is 2.34. The van der Waals surface area contributed by atoms with Crippen molar-refractivity contribution in [3.63, 3.8) is 0 Å². The maximum absolute atomic E-state index is 11.5. The summed E-state index contributed by atoms with van der Waals surface area (Å²) in [4.78, 5) is 11.5. The van der Waals surface area contributed by atoms with Crippen LogP contribution in [0.25, 0.3) is 0 Å². The summed E-state index contributed by atoms with van der Waals surface area (Å²) in [6.45, 7) is 3.47. The van der Waals surface area contributed by atoms with Crippen LogP contribution in [-0.2, 0) is 0 Å². The van der Waals surface area contributed by atoms with Crippen LogP contribution < -0.4 is 0 Å². The molecular formula is C11H10ClNO. The van der Waals surface area contributed by atoms with Gasteiger partial charge in [-0.2, -0.15) is 5.26 Å². The smallest absolute Gasteiger partial charge is 0.180 e. The average Bonchev–Trinajstić information content (AvgIpc) is 2.15. The van der Waals surface area contributed by atoms with Gasteiger partial charge in [0, 0.05) is 5.56 Å². The van der Waals surface area contributed by atoms with Crippen LogP contribution >= 0.6 is 11.6 Å². The molecule has 0 spiro atoms. The van der Waals surface area contributed by atoms with Crippen molar-refractivity contribution in [1.82, 2.24) is 0 Å². The highest BCUT2D eigenvalue weighted by molar-refractivity contribution is 6.33. The summed E-state index contributed by atoms with van der Waals surface area (Å²) >= 11 is 5.68. The molecule has 1 unspecified atom stereocenters. The van der Waals surface area contributed by atoms with Crippen molar-refractivity contribution in [3.8, 4) is 6.07 Å². The van der Waals surface area contributed by atoms with Gasteiger partial charge in [0.2, 0.25) is 0 Å². The van der Waals surface area contributed by atoms with Crippen molar-refractivity contribution in [2.24, 2.45) is 0 Å². The van der Waals surface area contributed by atoms with Gasteiger partial charge < -0.3 is 0 Å². The van der Waals surface area contributed by atoms with E-state index in [-0.39, 0.29) is 5.78 Å². The molecule has 0 bridgehead atoms. The topological polar surface area (TPSA) is 40.9 Å². The number of aryl methyl sites for hydroxylation is 1. The lowest BCUT2D eigenvalue weighted by Crippen LogP contribution is -2.10. The third-order valence-corrected chi connectivity index (χ3v) is 2.05. The number of rotatable bonds is 2. The molecule has 0 amide bonds. The fourth-order valence-electron chi connectivity index (χ4n) is 1.22. The number of carbonyl (C=O) groups is 1. The van der Waals surface area contributed by atoms with Crippen LogP contribution in [0.1, 0.15) is 28.4 Å². The second-order valence-electron chi connectivity index (χ2n) is 3.18. The van der Waals surface area contributed by atoms with E-state index in [4.69, 9.17) is 16.9 Å². The molecule has 0 aliphatic rings. The minimum absolute atomic E-state index is 0.146. The Morgan fingerprint density at radius 1 is 1.50 bits per heavy atom. The van der Waals surface area contributed by atoms with Crippen LogP contribution in [0.3, 0.4) is 0 Å². The van der Waals surface area contributed by atoms with Crippen molar-refractivity contribution < 1.29 is 4.79 Å². The number of carbonyl (C=O) groups excluding carboxylic acids is 1. The molecule has 14 heavy (non-hydrogen) atoms. The molecule has 0 heterocycles. The lowest BCUT2D eigenvalue weighted by molar-refractivity contribution is 0.0991. The Balaban J connectivity index is 3.17. The first-order valence-corrected chi connectivity index (χ1v) is 4.68. The van der Waals surface area contributed by atoms with Crippen LogP contribution in [-0.4, -0.2) is 11.2 Å². The van der Waals surface area contributed by atoms with Crippen molar-refractivity contribution in [2.45, 2.75) is 19.2 Å². The van der Waals surface area contributed by atoms with E-state index in [0.29, 0.717) is 11.1 Å². The SMILES string of the molecule is Cc1cc(C#N)cc(C(=O)C(C)Cl)c1. The van der Waals surface area contributed by atoms with Crippen molar-refractivity contribution >= 4 is 17.4 Å². The molecule has 0 saturated carbocycles. The van der Waals surface area contributed by atoms with E-state index >= 15 is 0 Å². The normalized spacial score (nSPS) is 11.9. The van der Waals surface area contributed by atoms with Gasteiger partial charge in [-0.05, 0) is 37.6 Å². The lowest BCUT2D eigenvalue weighted by Gasteiger charge is -2.04. The molecule has 0 aromatic heterocycles. The molecule has 1 atom stereocenters. The highest BCUT2D eigenvalue weighted by Gasteiger charge is 2.13. The fraction of sp³-hybridized carbons (Fsp3) is 0.273. The van der Waals surface area contributed by atoms with Crippen molar-refractivity contribution in [2.75, 3.05) is 0 Å². The van der Waals surface area contributed by atoms with E-state index in [9.17, 15) is 4.79 Å². The van der Waals surface area contributed by atoms with Gasteiger partial charge in [0.05, 0.1) is 17.0 Å². The first-order chi connectivity index (χ1) is 6.54. The largest absolute Gasteiger partial charge is 0.293 e. The molecule has 0 fully saturated rings. The number of hydrogen-bond acceptors (Lipinski definition) is 2. The predicted octanol–water partition coefficient (Wildman–Crippen LogP) is 2.68. The Labute approximate surface area is 88.1 Å². The first-order valence-electron chi connectivity index (χ1n) is 4.24. The van der Waals surface area contributed by atoms with Crippen molar-refractivity contribution in [1.29, 1.82) is 5.26 Å². The summed E-state index contributed by atoms with van der Waals surface area (Å²) in [5.41, 5.74) is 1.89. The molecule has 1 aromatic carbocycles. The molecule has 72 valence electrons. The zero-order valence-corrected chi connectivity index (χ0v) is 8.80. The average molecular weight is 208 g/mol. The number of hydrogen-bond donors (Lipinski definition) is 0. The van der Waals surface area contributed by atoms with Crippen LogP contribution in [0.4, 0.5) is 0 Å². The van der Waals surface area contributed by atoms with Gasteiger partial charge in [-0.3, -0.25) is 4.79 Å². The minimum Gasteiger partial charge on any atom is -0.293 e. The number of halogens is 1. The molecule has 1 rings (SSSR count). The molecule has 0 N–H and O–H groups in total. The predicted molar refractivity (Wildman–Crippen MR) is 55.5 cm³/mol. The van der Waals surface area contributed by atoms with Gasteiger partial charge >= 0.3 is 0 Å². The molecule has 0 radical (unpaired) electrons. The van der Waals surface area contributed by atoms with Gasteiger partial charge in [0.15, 0.2) is 5.78 Å². The fourth-order valence-corrected chi connectivity index (χ4v) is 1.35. The quantitative estimate of drug-likeness (QED) is 0.553. The molecule has 0 aliphatic carbocycles. The van der Waals surface area contributed by atoms with Gasteiger partial charge in [0.1, 0.15) is 0 Å². The maximum atomic E-state index is 11.5. The summed E-state index contributed by atoms with van der Waals surface area (Å²) in [6.07, 6.45) is 0. The minimum atomic E-state index is -0.552. The summed E-state index contributed by atoms with van der Waals surface area (Å²) in [5, 5.41) is 8.16. The Hall–Kier alpha value is -1.33. The number of ketones is 1. The number of nitriles is 1. The number of benzene rings is 1. The third-order valence-electron chi connectivity index (χ3n) is 1.85. The Morgan fingerprint density at radius 2 is 2.14 bits per heavy atom. The molecule has 0 saturated heterocycles. The number of nitrogens with zero attached hydrogens (tertiary/aromatic N) is 1. The molecule has 1 aromatic rings. The Kier molecular flexibility index (Phi) is 3.27. The maximum Gasteiger partial charge on any atom is 0.180 e. The molecular weight excluding hydrogens is 198 g/mol. The van der Waals surface area contributed by atoms with Crippen LogP contribution in [0.2, 0.25) is 0 Å². The van der Waals surface area contributed by atoms with E-state index in [1.165, 1.54) is 0 Å². The van der Waals surface area contributed by atoms with E-state index in [0.717, 1.165) is 5.56 Å². The second-order valence-corrected chi connectivity index (χ2v) is 3.83. The van der Waals surface area contributed by atoms with E-state index < -0.39 is 5.38 Å². The summed E-state index contributed by atoms with van der Waals surface area (Å²) in [5.74, 6) is -0.146. The van der Waals surface area contributed by atoms with E-state index in [2.05, 4.69) is 0 Å². The first kappa shape index (κ1) is 10.7. The van der Waals surface area contributed by atoms with Gasteiger partial charge in [-0.15, -0.1) is 11.6 Å². The standard InChI is InChI=1S/C11H10ClNO/c1-7-3-9(6-13)5-10(4-7)11(14)8(2)12/h3-5,8H,1-2H3. The zero-order chi connectivity index (χ0) is 10.7. The van der Waals surface area contributed by atoms with Crippen LogP contribution in [0, 0.1) is 18.3 Å². The summed E-state index contributed by atoms with van der Waals surface area (Å²) < 4.78 is 0.